The predicted octanol–water partition coefficient (Wildman–Crippen LogP) is 4.26. The standard InChI is InChI=1S/C31H39N9O2.CH5N.CH2O/c1-31(2,3)25-19-26(38-42-25)36-22-7-9-23(10-8-22)37-30-27(29(33)34-20-35-30)28(32)21-5-11-24(12-6-21)41-18-17-40-15-13-39(4)14-16-40;2*1-2/h5-12,19-20,32H,13-18H2,1-4H3,(H,36,38)(H3,33,34,35,37);2H2,1H3;1H2. The molecule has 0 radical (unpaired) electrons. The largest absolute Gasteiger partial charge is 0.492 e. The van der Waals surface area contributed by atoms with Gasteiger partial charge in [0.25, 0.3) is 0 Å². The lowest BCUT2D eigenvalue weighted by molar-refractivity contribution is -0.0980. The van der Waals surface area contributed by atoms with Crippen LogP contribution in [-0.4, -0.2) is 90.9 Å². The van der Waals surface area contributed by atoms with Crippen LogP contribution in [0.2, 0.25) is 0 Å². The van der Waals surface area contributed by atoms with Crippen LogP contribution in [0.4, 0.5) is 28.8 Å². The highest BCUT2D eigenvalue weighted by molar-refractivity contribution is 6.16. The van der Waals surface area contributed by atoms with Crippen LogP contribution in [0.3, 0.4) is 0 Å². The Kier molecular flexibility index (Phi) is 13.2. The number of nitrogens with one attached hydrogen (secondary N) is 3. The molecule has 0 atom stereocenters. The number of aromatic nitrogens is 3. The summed E-state index contributed by atoms with van der Waals surface area (Å²) in [5, 5.41) is 19.6. The summed E-state index contributed by atoms with van der Waals surface area (Å²) in [6.07, 6.45) is 1.39. The lowest BCUT2D eigenvalue weighted by atomic mass is 9.93. The molecule has 2 aromatic heterocycles. The summed E-state index contributed by atoms with van der Waals surface area (Å²) in [6.45, 7) is 14.1. The van der Waals surface area contributed by atoms with E-state index in [9.17, 15) is 0 Å². The van der Waals surface area contributed by atoms with Gasteiger partial charge in [0.2, 0.25) is 0 Å². The Hall–Kier alpha value is -4.85. The van der Waals surface area contributed by atoms with Gasteiger partial charge in [-0.3, -0.25) is 10.3 Å². The minimum Gasteiger partial charge on any atom is -0.492 e. The number of carbonyl (C=O) groups is 1. The van der Waals surface area contributed by atoms with E-state index >= 15 is 0 Å². The Morgan fingerprint density at radius 2 is 1.59 bits per heavy atom. The van der Waals surface area contributed by atoms with Gasteiger partial charge in [-0.2, -0.15) is 0 Å². The molecule has 1 fully saturated rings. The van der Waals surface area contributed by atoms with E-state index in [0.717, 1.165) is 55.6 Å². The molecule has 13 nitrogen and oxygen atoms in total. The van der Waals surface area contributed by atoms with Crippen LogP contribution >= 0.6 is 0 Å². The average Bonchev–Trinajstić information content (AvgIpc) is 3.54. The van der Waals surface area contributed by atoms with E-state index in [-0.39, 0.29) is 16.9 Å². The minimum absolute atomic E-state index is 0.119. The number of nitrogen functional groups attached to an aromatic ring is 1. The predicted molar refractivity (Wildman–Crippen MR) is 184 cm³/mol. The first-order chi connectivity index (χ1) is 22.2. The van der Waals surface area contributed by atoms with Crippen molar-refractivity contribution in [2.45, 2.75) is 26.2 Å². The first kappa shape index (κ1) is 35.6. The molecule has 1 aliphatic rings. The summed E-state index contributed by atoms with van der Waals surface area (Å²) in [4.78, 5) is 21.3. The van der Waals surface area contributed by atoms with Crippen molar-refractivity contribution in [2.75, 3.05) is 69.8 Å². The summed E-state index contributed by atoms with van der Waals surface area (Å²) < 4.78 is 11.4. The van der Waals surface area contributed by atoms with Gasteiger partial charge in [-0.1, -0.05) is 25.9 Å². The van der Waals surface area contributed by atoms with Gasteiger partial charge < -0.3 is 41.1 Å². The van der Waals surface area contributed by atoms with E-state index in [4.69, 9.17) is 25.2 Å². The third-order valence-electron chi connectivity index (χ3n) is 7.21. The zero-order valence-corrected chi connectivity index (χ0v) is 27.3. The molecule has 0 spiro atoms. The highest BCUT2D eigenvalue weighted by atomic mass is 16.5. The van der Waals surface area contributed by atoms with Gasteiger partial charge in [0.15, 0.2) is 5.82 Å². The number of carbonyl (C=O) groups excluding carboxylic acids is 1. The van der Waals surface area contributed by atoms with E-state index < -0.39 is 0 Å². The maximum absolute atomic E-state index is 8.90. The molecule has 1 saturated heterocycles. The zero-order valence-electron chi connectivity index (χ0n) is 27.3. The molecular weight excluding hydrogens is 584 g/mol. The van der Waals surface area contributed by atoms with Gasteiger partial charge >= 0.3 is 0 Å². The first-order valence-electron chi connectivity index (χ1n) is 15.0. The molecule has 0 unspecified atom stereocenters. The van der Waals surface area contributed by atoms with Gasteiger partial charge in [0.05, 0.1) is 11.3 Å². The van der Waals surface area contributed by atoms with Crippen molar-refractivity contribution in [2.24, 2.45) is 5.73 Å². The normalized spacial score (nSPS) is 13.4. The van der Waals surface area contributed by atoms with Crippen LogP contribution in [0.25, 0.3) is 0 Å². The second-order valence-electron chi connectivity index (χ2n) is 11.5. The Morgan fingerprint density at radius 1 is 0.978 bits per heavy atom. The fourth-order valence-corrected chi connectivity index (χ4v) is 4.58. The fourth-order valence-electron chi connectivity index (χ4n) is 4.58. The number of nitrogens with zero attached hydrogens (tertiary/aromatic N) is 5. The molecule has 3 heterocycles. The molecule has 1 aliphatic heterocycles. The number of anilines is 5. The summed E-state index contributed by atoms with van der Waals surface area (Å²) >= 11 is 0. The van der Waals surface area contributed by atoms with Crippen LogP contribution in [0.15, 0.2) is 65.4 Å². The number of likely N-dealkylation sites (N-methyl/N-ethyl adjacent to an activating group) is 1. The topological polar surface area (TPSA) is 185 Å². The van der Waals surface area contributed by atoms with Crippen LogP contribution in [-0.2, 0) is 10.2 Å². The van der Waals surface area contributed by atoms with Crippen molar-refractivity contribution >= 4 is 41.3 Å². The highest BCUT2D eigenvalue weighted by Gasteiger charge is 2.20. The Labute approximate surface area is 270 Å². The molecule has 0 amide bonds. The molecular formula is C33H46N10O3. The van der Waals surface area contributed by atoms with Crippen molar-refractivity contribution < 1.29 is 14.1 Å². The van der Waals surface area contributed by atoms with Gasteiger partial charge in [-0.15, -0.1) is 0 Å². The van der Waals surface area contributed by atoms with Crippen molar-refractivity contribution in [1.29, 1.82) is 5.41 Å². The van der Waals surface area contributed by atoms with Crippen molar-refractivity contribution in [1.82, 2.24) is 24.9 Å². The summed E-state index contributed by atoms with van der Waals surface area (Å²) in [6, 6.07) is 17.1. The summed E-state index contributed by atoms with van der Waals surface area (Å²) in [7, 11) is 3.65. The fraction of sp³-hybridized carbons (Fsp3) is 0.364. The number of hydrogen-bond donors (Lipinski definition) is 5. The van der Waals surface area contributed by atoms with Crippen LogP contribution in [0.1, 0.15) is 37.7 Å². The number of hydrogen-bond acceptors (Lipinski definition) is 13. The average molecular weight is 631 g/mol. The number of ether oxygens (including phenoxy) is 1. The number of benzene rings is 2. The van der Waals surface area contributed by atoms with Gasteiger partial charge in [-0.05, 0) is 62.6 Å². The molecule has 13 heteroatoms. The smallest absolute Gasteiger partial charge is 0.174 e. The van der Waals surface area contributed by atoms with Gasteiger partial charge in [-0.25, -0.2) is 9.97 Å². The molecule has 4 aromatic rings. The maximum atomic E-state index is 8.90. The Balaban J connectivity index is 0.00000139. The molecule has 0 aliphatic carbocycles. The zero-order chi connectivity index (χ0) is 33.7. The molecule has 0 saturated carbocycles. The monoisotopic (exact) mass is 630 g/mol. The molecule has 246 valence electrons. The molecule has 2 aromatic carbocycles. The summed E-state index contributed by atoms with van der Waals surface area (Å²) in [5.41, 5.74) is 13.6. The van der Waals surface area contributed by atoms with E-state index in [1.54, 1.807) is 0 Å². The lowest BCUT2D eigenvalue weighted by Gasteiger charge is -2.32. The van der Waals surface area contributed by atoms with E-state index in [1.807, 2.05) is 61.4 Å². The van der Waals surface area contributed by atoms with Crippen molar-refractivity contribution in [3.63, 3.8) is 0 Å². The highest BCUT2D eigenvalue weighted by Crippen LogP contribution is 2.28. The molecule has 5 rings (SSSR count). The minimum atomic E-state index is -0.119. The number of nitrogens with two attached hydrogens (primary N) is 2. The lowest BCUT2D eigenvalue weighted by Crippen LogP contribution is -2.45. The van der Waals surface area contributed by atoms with Gasteiger partial charge in [0, 0.05) is 61.1 Å². The van der Waals surface area contributed by atoms with Crippen molar-refractivity contribution in [3.8, 4) is 5.75 Å². The number of piperazine rings is 1. The van der Waals surface area contributed by atoms with Crippen LogP contribution in [0.5, 0.6) is 5.75 Å². The van der Waals surface area contributed by atoms with Crippen LogP contribution in [0, 0.1) is 5.41 Å². The second-order valence-corrected chi connectivity index (χ2v) is 11.5. The van der Waals surface area contributed by atoms with Gasteiger partial charge in [0.1, 0.15) is 42.9 Å². The SMILES string of the molecule is C=O.CN.CN1CCN(CCOc2ccc(C(=N)c3c(N)ncnc3Nc3ccc(Nc4cc(C(C)(C)C)on4)cc3)cc2)CC1. The Bertz CT molecular complexity index is 1510. The summed E-state index contributed by atoms with van der Waals surface area (Å²) in [5.74, 6) is 2.90. The molecule has 7 N–H and O–H groups in total. The first-order valence-corrected chi connectivity index (χ1v) is 15.0. The molecule has 0 bridgehead atoms. The second kappa shape index (κ2) is 17.0. The third-order valence-corrected chi connectivity index (χ3v) is 7.21. The van der Waals surface area contributed by atoms with E-state index in [2.05, 4.69) is 69.1 Å². The van der Waals surface area contributed by atoms with E-state index in [1.165, 1.54) is 13.4 Å². The number of rotatable bonds is 10. The molecule has 46 heavy (non-hydrogen) atoms. The Morgan fingerprint density at radius 3 is 2.17 bits per heavy atom. The third kappa shape index (κ3) is 9.83. The van der Waals surface area contributed by atoms with E-state index in [0.29, 0.717) is 29.4 Å². The quantitative estimate of drug-likeness (QED) is 0.157. The maximum Gasteiger partial charge on any atom is 0.174 e. The van der Waals surface area contributed by atoms with Crippen LogP contribution < -0.4 is 26.8 Å². The van der Waals surface area contributed by atoms with Crippen molar-refractivity contribution in [3.05, 3.63) is 77.8 Å².